The fourth-order valence-electron chi connectivity index (χ4n) is 3.84. The number of aromatic nitrogens is 1. The number of likely N-dealkylation sites (tertiary alicyclic amines) is 1. The molecule has 138 valence electrons. The maximum Gasteiger partial charge on any atom is 0.252 e. The van der Waals surface area contributed by atoms with Crippen molar-refractivity contribution in [2.45, 2.75) is 44.2 Å². The minimum Gasteiger partial charge on any atom is -0.490 e. The second-order valence-electron chi connectivity index (χ2n) is 7.32. The van der Waals surface area contributed by atoms with Crippen LogP contribution in [0, 0.1) is 0 Å². The molecule has 2 aliphatic rings. The van der Waals surface area contributed by atoms with Crippen molar-refractivity contribution in [2.24, 2.45) is 0 Å². The van der Waals surface area contributed by atoms with Crippen LogP contribution in [0.3, 0.4) is 0 Å². The first-order valence-corrected chi connectivity index (χ1v) is 9.64. The van der Waals surface area contributed by atoms with Gasteiger partial charge >= 0.3 is 0 Å². The number of nitrogens with zero attached hydrogens (tertiary/aromatic N) is 2. The van der Waals surface area contributed by atoms with Crippen LogP contribution in [0.2, 0.25) is 0 Å². The van der Waals surface area contributed by atoms with E-state index in [1.807, 2.05) is 47.3 Å². The summed E-state index contributed by atoms with van der Waals surface area (Å²) in [7, 11) is 1.64. The van der Waals surface area contributed by atoms with Crippen LogP contribution in [-0.2, 0) is 0 Å². The molecule has 0 radical (unpaired) electrons. The summed E-state index contributed by atoms with van der Waals surface area (Å²) >= 11 is 0. The number of ether oxygens (including phenoxy) is 1. The number of carbonyl (C=O) groups excluding carboxylic acids is 1. The van der Waals surface area contributed by atoms with Crippen LogP contribution in [0.15, 0.2) is 42.7 Å². The Kier molecular flexibility index (Phi) is 4.98. The second-order valence-corrected chi connectivity index (χ2v) is 7.32. The van der Waals surface area contributed by atoms with E-state index in [9.17, 15) is 4.79 Å². The van der Waals surface area contributed by atoms with E-state index >= 15 is 0 Å². The maximum absolute atomic E-state index is 11.7. The molecule has 0 atom stereocenters. The molecule has 2 heterocycles. The standard InChI is InChI=1S/C21H27N3O2/c1-22-21(25)16-9-12-24(15-16)18-5-7-19(8-6-18)26-20-10-13-23(14-11-20)17-3-2-4-17/h5-9,12,15,17,20H,2-4,10-11,13-14H2,1H3,(H,22,25). The molecular formula is C21H27N3O2. The summed E-state index contributed by atoms with van der Waals surface area (Å²) in [5.41, 5.74) is 1.68. The third-order valence-electron chi connectivity index (χ3n) is 5.69. The molecule has 1 saturated carbocycles. The number of carbonyl (C=O) groups is 1. The van der Waals surface area contributed by atoms with Crippen molar-refractivity contribution in [1.82, 2.24) is 14.8 Å². The molecule has 1 aromatic carbocycles. The van der Waals surface area contributed by atoms with E-state index in [0.717, 1.165) is 30.3 Å². The molecule has 2 fully saturated rings. The van der Waals surface area contributed by atoms with E-state index in [4.69, 9.17) is 4.74 Å². The Balaban J connectivity index is 1.33. The molecule has 0 bridgehead atoms. The molecule has 5 heteroatoms. The second kappa shape index (κ2) is 7.54. The van der Waals surface area contributed by atoms with Gasteiger partial charge in [0.1, 0.15) is 11.9 Å². The minimum absolute atomic E-state index is 0.0723. The molecule has 2 aromatic rings. The van der Waals surface area contributed by atoms with Crippen molar-refractivity contribution in [2.75, 3.05) is 20.1 Å². The minimum atomic E-state index is -0.0723. The Labute approximate surface area is 154 Å². The lowest BCUT2D eigenvalue weighted by atomic mass is 9.90. The summed E-state index contributed by atoms with van der Waals surface area (Å²) in [5.74, 6) is 0.853. The zero-order valence-electron chi connectivity index (χ0n) is 15.4. The van der Waals surface area contributed by atoms with Gasteiger partial charge in [0.2, 0.25) is 0 Å². The van der Waals surface area contributed by atoms with Crippen molar-refractivity contribution >= 4 is 5.91 Å². The van der Waals surface area contributed by atoms with Crippen molar-refractivity contribution in [1.29, 1.82) is 0 Å². The molecule has 1 aliphatic carbocycles. The highest BCUT2D eigenvalue weighted by Crippen LogP contribution is 2.28. The fraction of sp³-hybridized carbons (Fsp3) is 0.476. The van der Waals surface area contributed by atoms with Crippen LogP contribution in [-0.4, -0.2) is 47.7 Å². The van der Waals surface area contributed by atoms with Crippen LogP contribution >= 0.6 is 0 Å². The molecule has 4 rings (SSSR count). The Morgan fingerprint density at radius 3 is 2.42 bits per heavy atom. The highest BCUT2D eigenvalue weighted by molar-refractivity contribution is 5.93. The number of amides is 1. The van der Waals surface area contributed by atoms with Gasteiger partial charge in [-0.3, -0.25) is 4.79 Å². The number of hydrogen-bond acceptors (Lipinski definition) is 3. The maximum atomic E-state index is 11.7. The molecule has 26 heavy (non-hydrogen) atoms. The molecule has 0 spiro atoms. The van der Waals surface area contributed by atoms with E-state index in [0.29, 0.717) is 11.7 Å². The average Bonchev–Trinajstić information content (AvgIpc) is 3.12. The molecular weight excluding hydrogens is 326 g/mol. The Morgan fingerprint density at radius 1 is 1.08 bits per heavy atom. The smallest absolute Gasteiger partial charge is 0.252 e. The van der Waals surface area contributed by atoms with Crippen LogP contribution in [0.1, 0.15) is 42.5 Å². The third kappa shape index (κ3) is 3.63. The van der Waals surface area contributed by atoms with E-state index in [2.05, 4.69) is 10.2 Å². The van der Waals surface area contributed by atoms with Gasteiger partial charge in [0.25, 0.3) is 5.91 Å². The summed E-state index contributed by atoms with van der Waals surface area (Å²) in [6.07, 6.45) is 10.5. The van der Waals surface area contributed by atoms with E-state index in [1.54, 1.807) is 7.05 Å². The molecule has 1 N–H and O–H groups in total. The zero-order chi connectivity index (χ0) is 17.9. The highest BCUT2D eigenvalue weighted by Gasteiger charge is 2.29. The quantitative estimate of drug-likeness (QED) is 0.898. The third-order valence-corrected chi connectivity index (χ3v) is 5.69. The number of hydrogen-bond donors (Lipinski definition) is 1. The van der Waals surface area contributed by atoms with Gasteiger partial charge in [0, 0.05) is 44.3 Å². The first kappa shape index (κ1) is 17.2. The predicted molar refractivity (Wildman–Crippen MR) is 102 cm³/mol. The van der Waals surface area contributed by atoms with Crippen molar-refractivity contribution < 1.29 is 9.53 Å². The number of piperidine rings is 1. The molecule has 1 aliphatic heterocycles. The summed E-state index contributed by atoms with van der Waals surface area (Å²) in [5, 5.41) is 2.64. The first-order chi connectivity index (χ1) is 12.7. The average molecular weight is 353 g/mol. The molecule has 1 amide bonds. The van der Waals surface area contributed by atoms with Crippen molar-refractivity contribution in [3.8, 4) is 11.4 Å². The van der Waals surface area contributed by atoms with Gasteiger partial charge in [0.15, 0.2) is 0 Å². The van der Waals surface area contributed by atoms with E-state index < -0.39 is 0 Å². The number of benzene rings is 1. The van der Waals surface area contributed by atoms with Gasteiger partial charge in [-0.05, 0) is 56.0 Å². The SMILES string of the molecule is CNC(=O)c1ccn(-c2ccc(OC3CCN(C4CCC4)CC3)cc2)c1. The first-order valence-electron chi connectivity index (χ1n) is 9.64. The molecule has 0 unspecified atom stereocenters. The predicted octanol–water partition coefficient (Wildman–Crippen LogP) is 3.23. The van der Waals surface area contributed by atoms with Gasteiger partial charge < -0.3 is 19.5 Å². The number of rotatable bonds is 5. The van der Waals surface area contributed by atoms with Crippen molar-refractivity contribution in [3.63, 3.8) is 0 Å². The van der Waals surface area contributed by atoms with Crippen LogP contribution in [0.4, 0.5) is 0 Å². The van der Waals surface area contributed by atoms with Gasteiger partial charge in [-0.1, -0.05) is 6.42 Å². The van der Waals surface area contributed by atoms with E-state index in [1.165, 1.54) is 32.4 Å². The summed E-state index contributed by atoms with van der Waals surface area (Å²) in [6.45, 7) is 2.33. The van der Waals surface area contributed by atoms with Crippen LogP contribution in [0.5, 0.6) is 5.75 Å². The molecule has 5 nitrogen and oxygen atoms in total. The van der Waals surface area contributed by atoms with Crippen LogP contribution in [0.25, 0.3) is 5.69 Å². The summed E-state index contributed by atoms with van der Waals surface area (Å²) in [6, 6.07) is 10.8. The van der Waals surface area contributed by atoms with Crippen LogP contribution < -0.4 is 10.1 Å². The lowest BCUT2D eigenvalue weighted by Crippen LogP contribution is -2.46. The van der Waals surface area contributed by atoms with Gasteiger partial charge in [-0.15, -0.1) is 0 Å². The summed E-state index contributed by atoms with van der Waals surface area (Å²) in [4.78, 5) is 14.3. The largest absolute Gasteiger partial charge is 0.490 e. The van der Waals surface area contributed by atoms with Gasteiger partial charge in [-0.2, -0.15) is 0 Å². The Bertz CT molecular complexity index is 741. The van der Waals surface area contributed by atoms with Gasteiger partial charge in [-0.25, -0.2) is 0 Å². The highest BCUT2D eigenvalue weighted by atomic mass is 16.5. The Hall–Kier alpha value is -2.27. The molecule has 1 aromatic heterocycles. The Morgan fingerprint density at radius 2 is 1.81 bits per heavy atom. The van der Waals surface area contributed by atoms with Gasteiger partial charge in [0.05, 0.1) is 5.56 Å². The lowest BCUT2D eigenvalue weighted by molar-refractivity contribution is 0.0493. The topological polar surface area (TPSA) is 46.5 Å². The summed E-state index contributed by atoms with van der Waals surface area (Å²) < 4.78 is 8.14. The zero-order valence-corrected chi connectivity index (χ0v) is 15.4. The lowest BCUT2D eigenvalue weighted by Gasteiger charge is -2.41. The number of nitrogens with one attached hydrogen (secondary N) is 1. The normalized spacial score (nSPS) is 19.1. The monoisotopic (exact) mass is 353 g/mol. The molecule has 1 saturated heterocycles. The van der Waals surface area contributed by atoms with Crippen molar-refractivity contribution in [3.05, 3.63) is 48.3 Å². The van der Waals surface area contributed by atoms with E-state index in [-0.39, 0.29) is 5.91 Å². The fourth-order valence-corrected chi connectivity index (χ4v) is 3.84.